The van der Waals surface area contributed by atoms with Crippen molar-refractivity contribution in [2.75, 3.05) is 0 Å². The number of pyridine rings is 1. The molecule has 0 aliphatic rings. The summed E-state index contributed by atoms with van der Waals surface area (Å²) in [4.78, 5) is 14.0. The summed E-state index contributed by atoms with van der Waals surface area (Å²) in [5.41, 5.74) is 0.139. The predicted octanol–water partition coefficient (Wildman–Crippen LogP) is 1.26. The van der Waals surface area contributed by atoms with Gasteiger partial charge in [-0.25, -0.2) is 4.98 Å². The Bertz CT molecular complexity index is 399. The van der Waals surface area contributed by atoms with Crippen molar-refractivity contribution in [2.24, 2.45) is 0 Å². The molecule has 0 aliphatic heterocycles. The lowest BCUT2D eigenvalue weighted by atomic mass is 10.0. The van der Waals surface area contributed by atoms with Crippen molar-refractivity contribution in [3.8, 4) is 0 Å². The van der Waals surface area contributed by atoms with E-state index in [1.54, 1.807) is 0 Å². The molecule has 0 saturated carbocycles. The van der Waals surface area contributed by atoms with Crippen LogP contribution < -0.4 is 0 Å². The number of carboxylic acids is 1. The van der Waals surface area contributed by atoms with Gasteiger partial charge in [-0.05, 0) is 6.07 Å². The lowest BCUT2D eigenvalue weighted by molar-refractivity contribution is -0.141. The average Bonchev–Trinajstić information content (AvgIpc) is 2.15. The van der Waals surface area contributed by atoms with E-state index in [0.29, 0.717) is 0 Å². The summed E-state index contributed by atoms with van der Waals surface area (Å²) >= 11 is 11.2. The van der Waals surface area contributed by atoms with Gasteiger partial charge in [-0.15, -0.1) is 0 Å². The average molecular weight is 266 g/mol. The van der Waals surface area contributed by atoms with Crippen LogP contribution in [0.2, 0.25) is 10.3 Å². The van der Waals surface area contributed by atoms with Crippen molar-refractivity contribution in [1.29, 1.82) is 0 Å². The minimum absolute atomic E-state index is 0.0653. The van der Waals surface area contributed by atoms with Crippen LogP contribution in [0.25, 0.3) is 0 Å². The SMILES string of the molecule is O=C(O)CC(O)C(O)c1ccc(Cl)nc1Cl. The molecule has 0 spiro atoms. The number of carboxylic acid groups (broad SMARTS) is 1. The van der Waals surface area contributed by atoms with Crippen molar-refractivity contribution in [1.82, 2.24) is 4.98 Å². The monoisotopic (exact) mass is 265 g/mol. The van der Waals surface area contributed by atoms with Crippen LogP contribution in [-0.4, -0.2) is 32.4 Å². The van der Waals surface area contributed by atoms with Gasteiger partial charge in [0.25, 0.3) is 0 Å². The molecule has 2 unspecified atom stereocenters. The highest BCUT2D eigenvalue weighted by molar-refractivity contribution is 6.32. The standard InChI is InChI=1S/C9H9Cl2NO4/c10-6-2-1-4(9(11)12-6)8(16)5(13)3-7(14)15/h1-2,5,8,13,16H,3H2,(H,14,15). The lowest BCUT2D eigenvalue weighted by Gasteiger charge is -2.17. The number of aliphatic hydroxyl groups is 2. The van der Waals surface area contributed by atoms with Crippen LogP contribution in [0.15, 0.2) is 12.1 Å². The first-order valence-electron chi connectivity index (χ1n) is 4.31. The Hall–Kier alpha value is -0.880. The normalized spacial score (nSPS) is 14.5. The van der Waals surface area contributed by atoms with E-state index in [1.165, 1.54) is 12.1 Å². The van der Waals surface area contributed by atoms with Gasteiger partial charge in [-0.3, -0.25) is 4.79 Å². The van der Waals surface area contributed by atoms with E-state index in [4.69, 9.17) is 28.3 Å². The Balaban J connectivity index is 2.87. The van der Waals surface area contributed by atoms with Gasteiger partial charge in [0.2, 0.25) is 0 Å². The zero-order valence-electron chi connectivity index (χ0n) is 7.97. The summed E-state index contributed by atoms with van der Waals surface area (Å²) in [7, 11) is 0. The molecule has 2 atom stereocenters. The molecule has 0 radical (unpaired) electrons. The molecule has 1 heterocycles. The van der Waals surface area contributed by atoms with Crippen LogP contribution >= 0.6 is 23.2 Å². The smallest absolute Gasteiger partial charge is 0.306 e. The molecular formula is C9H9Cl2NO4. The Morgan fingerprint density at radius 3 is 2.50 bits per heavy atom. The van der Waals surface area contributed by atoms with Gasteiger partial charge in [0.15, 0.2) is 0 Å². The van der Waals surface area contributed by atoms with E-state index in [9.17, 15) is 15.0 Å². The number of aliphatic hydroxyl groups excluding tert-OH is 2. The number of halogens is 2. The van der Waals surface area contributed by atoms with Gasteiger partial charge in [-0.2, -0.15) is 0 Å². The van der Waals surface area contributed by atoms with E-state index in [1.807, 2.05) is 0 Å². The molecule has 0 amide bonds. The largest absolute Gasteiger partial charge is 0.481 e. The Morgan fingerprint density at radius 2 is 2.00 bits per heavy atom. The van der Waals surface area contributed by atoms with Gasteiger partial charge in [0.1, 0.15) is 16.4 Å². The molecule has 5 nitrogen and oxygen atoms in total. The third-order valence-electron chi connectivity index (χ3n) is 1.91. The van der Waals surface area contributed by atoms with Crippen molar-refractivity contribution < 1.29 is 20.1 Å². The van der Waals surface area contributed by atoms with Crippen LogP contribution in [0.3, 0.4) is 0 Å². The maximum absolute atomic E-state index is 10.3. The van der Waals surface area contributed by atoms with Crippen molar-refractivity contribution in [3.05, 3.63) is 28.0 Å². The highest BCUT2D eigenvalue weighted by atomic mass is 35.5. The second-order valence-corrected chi connectivity index (χ2v) is 3.87. The third kappa shape index (κ3) is 3.31. The minimum atomic E-state index is -1.45. The van der Waals surface area contributed by atoms with Crippen LogP contribution in [0.4, 0.5) is 0 Å². The first-order chi connectivity index (χ1) is 7.41. The maximum Gasteiger partial charge on any atom is 0.306 e. The van der Waals surface area contributed by atoms with Crippen LogP contribution in [0, 0.1) is 0 Å². The maximum atomic E-state index is 10.3. The zero-order valence-corrected chi connectivity index (χ0v) is 9.48. The lowest BCUT2D eigenvalue weighted by Crippen LogP contribution is -2.22. The molecule has 3 N–H and O–H groups in total. The van der Waals surface area contributed by atoms with Crippen molar-refractivity contribution in [3.63, 3.8) is 0 Å². The fourth-order valence-corrected chi connectivity index (χ4v) is 1.60. The van der Waals surface area contributed by atoms with E-state index in [2.05, 4.69) is 4.98 Å². The van der Waals surface area contributed by atoms with Crippen molar-refractivity contribution in [2.45, 2.75) is 18.6 Å². The fourth-order valence-electron chi connectivity index (χ4n) is 1.14. The third-order valence-corrected chi connectivity index (χ3v) is 2.42. The number of rotatable bonds is 4. The summed E-state index contributed by atoms with van der Waals surface area (Å²) in [6.07, 6.45) is -3.44. The molecule has 7 heteroatoms. The van der Waals surface area contributed by atoms with E-state index >= 15 is 0 Å². The molecule has 0 bridgehead atoms. The zero-order chi connectivity index (χ0) is 12.3. The number of aromatic nitrogens is 1. The van der Waals surface area contributed by atoms with E-state index in [0.717, 1.165) is 0 Å². The molecule has 0 aliphatic carbocycles. The fraction of sp³-hybridized carbons (Fsp3) is 0.333. The van der Waals surface area contributed by atoms with Gasteiger partial charge in [-0.1, -0.05) is 29.3 Å². The Kier molecular flexibility index (Phi) is 4.49. The molecule has 0 saturated heterocycles. The quantitative estimate of drug-likeness (QED) is 0.713. The molecule has 1 aromatic heterocycles. The first kappa shape index (κ1) is 13.2. The first-order valence-corrected chi connectivity index (χ1v) is 5.07. The van der Waals surface area contributed by atoms with Crippen LogP contribution in [0.1, 0.15) is 18.1 Å². The number of nitrogens with zero attached hydrogens (tertiary/aromatic N) is 1. The number of hydrogen-bond donors (Lipinski definition) is 3. The molecule has 0 aromatic carbocycles. The van der Waals surface area contributed by atoms with Gasteiger partial charge in [0.05, 0.1) is 12.5 Å². The summed E-state index contributed by atoms with van der Waals surface area (Å²) < 4.78 is 0. The highest BCUT2D eigenvalue weighted by Gasteiger charge is 2.23. The minimum Gasteiger partial charge on any atom is -0.481 e. The summed E-state index contributed by atoms with van der Waals surface area (Å²) in [5.74, 6) is -1.22. The molecule has 1 aromatic rings. The Labute approximate surface area is 101 Å². The highest BCUT2D eigenvalue weighted by Crippen LogP contribution is 2.26. The van der Waals surface area contributed by atoms with Gasteiger partial charge < -0.3 is 15.3 Å². The van der Waals surface area contributed by atoms with Gasteiger partial charge in [0, 0.05) is 5.56 Å². The van der Waals surface area contributed by atoms with Crippen LogP contribution in [0.5, 0.6) is 0 Å². The second-order valence-electron chi connectivity index (χ2n) is 3.12. The number of carbonyl (C=O) groups is 1. The molecular weight excluding hydrogens is 257 g/mol. The number of hydrogen-bond acceptors (Lipinski definition) is 4. The number of aliphatic carboxylic acids is 1. The summed E-state index contributed by atoms with van der Waals surface area (Å²) in [6.45, 7) is 0. The van der Waals surface area contributed by atoms with Gasteiger partial charge >= 0.3 is 5.97 Å². The topological polar surface area (TPSA) is 90.7 Å². The summed E-state index contributed by atoms with van der Waals surface area (Å²) in [5, 5.41) is 27.5. The summed E-state index contributed by atoms with van der Waals surface area (Å²) in [6, 6.07) is 2.77. The van der Waals surface area contributed by atoms with Crippen molar-refractivity contribution >= 4 is 29.2 Å². The Morgan fingerprint density at radius 1 is 1.38 bits per heavy atom. The van der Waals surface area contributed by atoms with Crippen LogP contribution in [-0.2, 0) is 4.79 Å². The molecule has 16 heavy (non-hydrogen) atoms. The molecule has 0 fully saturated rings. The van der Waals surface area contributed by atoms with E-state index < -0.39 is 24.6 Å². The molecule has 1 rings (SSSR count). The molecule has 88 valence electrons. The predicted molar refractivity (Wildman–Crippen MR) is 57.5 cm³/mol. The second kappa shape index (κ2) is 5.45. The van der Waals surface area contributed by atoms with E-state index in [-0.39, 0.29) is 15.9 Å².